The maximum Gasteiger partial charge on any atom is 0.318 e. The standard InChI is InChI=1S/C18H23FN4O2/c1-14-20-21-17(25-14)23-8-2-7-18(13-23)12-22(9-10-24-18)11-15-3-5-16(19)6-4-15/h3-6H,2,7-13H2,1H3/t18-/m1/s1. The van der Waals surface area contributed by atoms with Gasteiger partial charge < -0.3 is 14.1 Å². The Hall–Kier alpha value is -1.99. The van der Waals surface area contributed by atoms with Gasteiger partial charge in [0.2, 0.25) is 5.89 Å². The van der Waals surface area contributed by atoms with E-state index in [2.05, 4.69) is 20.0 Å². The van der Waals surface area contributed by atoms with Crippen molar-refractivity contribution < 1.29 is 13.5 Å². The molecule has 2 aliphatic rings. The lowest BCUT2D eigenvalue weighted by Gasteiger charge is -2.47. The quantitative estimate of drug-likeness (QED) is 0.851. The van der Waals surface area contributed by atoms with Gasteiger partial charge in [-0.1, -0.05) is 17.2 Å². The second-order valence-electron chi connectivity index (χ2n) is 7.00. The van der Waals surface area contributed by atoms with Gasteiger partial charge in [-0.15, -0.1) is 5.10 Å². The molecule has 0 N–H and O–H groups in total. The fourth-order valence-electron chi connectivity index (χ4n) is 3.83. The lowest BCUT2D eigenvalue weighted by molar-refractivity contribution is -0.116. The second kappa shape index (κ2) is 6.72. The molecular formula is C18H23FN4O2. The molecule has 0 unspecified atom stereocenters. The van der Waals surface area contributed by atoms with Gasteiger partial charge >= 0.3 is 6.01 Å². The number of hydrogen-bond acceptors (Lipinski definition) is 6. The van der Waals surface area contributed by atoms with Gasteiger partial charge in [0.25, 0.3) is 0 Å². The van der Waals surface area contributed by atoms with Crippen molar-refractivity contribution in [2.45, 2.75) is 31.9 Å². The summed E-state index contributed by atoms with van der Waals surface area (Å²) in [6, 6.07) is 7.32. The molecule has 1 atom stereocenters. The van der Waals surface area contributed by atoms with Crippen LogP contribution in [-0.4, -0.2) is 53.5 Å². The van der Waals surface area contributed by atoms with Crippen LogP contribution in [0.1, 0.15) is 24.3 Å². The van der Waals surface area contributed by atoms with Crippen LogP contribution in [-0.2, 0) is 11.3 Å². The Morgan fingerprint density at radius 3 is 2.76 bits per heavy atom. The fraction of sp³-hybridized carbons (Fsp3) is 0.556. The van der Waals surface area contributed by atoms with Crippen molar-refractivity contribution >= 4 is 6.01 Å². The van der Waals surface area contributed by atoms with Gasteiger partial charge in [-0.2, -0.15) is 0 Å². The van der Waals surface area contributed by atoms with Crippen LogP contribution >= 0.6 is 0 Å². The minimum Gasteiger partial charge on any atom is -0.408 e. The molecule has 0 aliphatic carbocycles. The molecule has 134 valence electrons. The third-order valence-corrected chi connectivity index (χ3v) is 4.97. The summed E-state index contributed by atoms with van der Waals surface area (Å²) >= 11 is 0. The van der Waals surface area contributed by atoms with E-state index in [1.54, 1.807) is 6.92 Å². The zero-order valence-electron chi connectivity index (χ0n) is 14.4. The molecule has 2 saturated heterocycles. The molecule has 1 spiro atoms. The number of halogens is 1. The second-order valence-corrected chi connectivity index (χ2v) is 7.00. The molecular weight excluding hydrogens is 323 g/mol. The topological polar surface area (TPSA) is 54.6 Å². The van der Waals surface area contributed by atoms with Gasteiger partial charge in [0.15, 0.2) is 0 Å². The van der Waals surface area contributed by atoms with E-state index in [1.165, 1.54) is 12.1 Å². The summed E-state index contributed by atoms with van der Waals surface area (Å²) in [7, 11) is 0. The number of benzene rings is 1. The molecule has 2 aliphatic heterocycles. The first-order valence-corrected chi connectivity index (χ1v) is 8.78. The minimum absolute atomic E-state index is 0.194. The Balaban J connectivity index is 1.44. The number of morpholine rings is 1. The van der Waals surface area contributed by atoms with Crippen LogP contribution in [0.25, 0.3) is 0 Å². The molecule has 3 heterocycles. The Morgan fingerprint density at radius 2 is 2.00 bits per heavy atom. The predicted octanol–water partition coefficient (Wildman–Crippen LogP) is 2.39. The van der Waals surface area contributed by atoms with E-state index in [9.17, 15) is 4.39 Å². The minimum atomic E-state index is -0.209. The summed E-state index contributed by atoms with van der Waals surface area (Å²) in [6.07, 6.45) is 2.06. The number of piperidine rings is 1. The molecule has 1 aromatic heterocycles. The van der Waals surface area contributed by atoms with Crippen molar-refractivity contribution in [1.29, 1.82) is 0 Å². The monoisotopic (exact) mass is 346 g/mol. The summed E-state index contributed by atoms with van der Waals surface area (Å²) in [5.41, 5.74) is 0.914. The van der Waals surface area contributed by atoms with Gasteiger partial charge in [0.1, 0.15) is 5.82 Å². The molecule has 7 heteroatoms. The average Bonchev–Trinajstić information content (AvgIpc) is 3.04. The van der Waals surface area contributed by atoms with E-state index in [4.69, 9.17) is 9.15 Å². The molecule has 4 rings (SSSR count). The molecule has 0 radical (unpaired) electrons. The van der Waals surface area contributed by atoms with Crippen molar-refractivity contribution in [2.75, 3.05) is 37.7 Å². The number of nitrogens with zero attached hydrogens (tertiary/aromatic N) is 4. The highest BCUT2D eigenvalue weighted by molar-refractivity contribution is 5.27. The summed E-state index contributed by atoms with van der Waals surface area (Å²) in [6.45, 7) is 6.73. The van der Waals surface area contributed by atoms with Crippen molar-refractivity contribution in [2.24, 2.45) is 0 Å². The number of hydrogen-bond donors (Lipinski definition) is 0. The van der Waals surface area contributed by atoms with E-state index in [1.807, 2.05) is 12.1 Å². The van der Waals surface area contributed by atoms with Crippen molar-refractivity contribution in [3.63, 3.8) is 0 Å². The molecule has 1 aromatic carbocycles. The number of rotatable bonds is 3. The van der Waals surface area contributed by atoms with Crippen LogP contribution in [0, 0.1) is 12.7 Å². The number of anilines is 1. The largest absolute Gasteiger partial charge is 0.408 e. The highest BCUT2D eigenvalue weighted by Gasteiger charge is 2.41. The number of aryl methyl sites for hydroxylation is 1. The number of aromatic nitrogens is 2. The van der Waals surface area contributed by atoms with Gasteiger partial charge in [-0.3, -0.25) is 4.90 Å². The predicted molar refractivity (Wildman–Crippen MR) is 90.8 cm³/mol. The van der Waals surface area contributed by atoms with Crippen LogP contribution in [0.3, 0.4) is 0 Å². The van der Waals surface area contributed by atoms with Gasteiger partial charge in [-0.05, 0) is 30.5 Å². The van der Waals surface area contributed by atoms with Crippen molar-refractivity contribution in [3.05, 3.63) is 41.5 Å². The Labute approximate surface area is 146 Å². The third-order valence-electron chi connectivity index (χ3n) is 4.97. The fourth-order valence-corrected chi connectivity index (χ4v) is 3.83. The molecule has 0 amide bonds. The van der Waals surface area contributed by atoms with Crippen LogP contribution in [0.4, 0.5) is 10.4 Å². The summed E-state index contributed by atoms with van der Waals surface area (Å²) in [5.74, 6) is 0.386. The average molecular weight is 346 g/mol. The summed E-state index contributed by atoms with van der Waals surface area (Å²) in [5, 5.41) is 8.08. The summed E-state index contributed by atoms with van der Waals surface area (Å²) in [4.78, 5) is 4.52. The van der Waals surface area contributed by atoms with Crippen molar-refractivity contribution in [1.82, 2.24) is 15.1 Å². The molecule has 0 bridgehead atoms. The van der Waals surface area contributed by atoms with E-state index >= 15 is 0 Å². The first-order valence-electron chi connectivity index (χ1n) is 8.78. The first kappa shape index (κ1) is 16.5. The van der Waals surface area contributed by atoms with Crippen LogP contribution in [0.2, 0.25) is 0 Å². The van der Waals surface area contributed by atoms with E-state index in [0.29, 0.717) is 18.5 Å². The Bertz CT molecular complexity index is 716. The SMILES string of the molecule is Cc1nnc(N2CCC[C@@]3(CN(Cc4ccc(F)cc4)CCO3)C2)o1. The molecule has 2 aromatic rings. The molecule has 6 nitrogen and oxygen atoms in total. The zero-order valence-corrected chi connectivity index (χ0v) is 14.4. The van der Waals surface area contributed by atoms with Gasteiger partial charge in [0, 0.05) is 33.1 Å². The van der Waals surface area contributed by atoms with Crippen molar-refractivity contribution in [3.8, 4) is 0 Å². The third kappa shape index (κ3) is 3.67. The normalized spacial score (nSPS) is 24.8. The summed E-state index contributed by atoms with van der Waals surface area (Å²) < 4.78 is 24.9. The lowest BCUT2D eigenvalue weighted by Crippen LogP contribution is -2.59. The molecule has 0 saturated carbocycles. The maximum atomic E-state index is 13.1. The highest BCUT2D eigenvalue weighted by Crippen LogP contribution is 2.31. The smallest absolute Gasteiger partial charge is 0.318 e. The zero-order chi connectivity index (χ0) is 17.3. The number of ether oxygens (including phenoxy) is 1. The Morgan fingerprint density at radius 1 is 1.16 bits per heavy atom. The Kier molecular flexibility index (Phi) is 4.43. The molecule has 25 heavy (non-hydrogen) atoms. The van der Waals surface area contributed by atoms with E-state index < -0.39 is 0 Å². The first-order chi connectivity index (χ1) is 12.1. The lowest BCUT2D eigenvalue weighted by atomic mass is 9.90. The van der Waals surface area contributed by atoms with E-state index in [0.717, 1.165) is 51.1 Å². The maximum absolute atomic E-state index is 13.1. The molecule has 2 fully saturated rings. The van der Waals surface area contributed by atoms with Gasteiger partial charge in [0.05, 0.1) is 18.8 Å². The van der Waals surface area contributed by atoms with Gasteiger partial charge in [-0.25, -0.2) is 4.39 Å². The van der Waals surface area contributed by atoms with Crippen LogP contribution in [0.15, 0.2) is 28.7 Å². The van der Waals surface area contributed by atoms with Crippen LogP contribution < -0.4 is 4.90 Å². The highest BCUT2D eigenvalue weighted by atomic mass is 19.1. The van der Waals surface area contributed by atoms with Crippen LogP contribution in [0.5, 0.6) is 0 Å². The van der Waals surface area contributed by atoms with E-state index in [-0.39, 0.29) is 11.4 Å².